The molecule has 0 bridgehead atoms. The average molecular weight is 309 g/mol. The summed E-state index contributed by atoms with van der Waals surface area (Å²) in [5.41, 5.74) is 3.12. The molecule has 2 aromatic carbocycles. The van der Waals surface area contributed by atoms with Gasteiger partial charge in [-0.25, -0.2) is 0 Å². The van der Waals surface area contributed by atoms with Gasteiger partial charge in [0.05, 0.1) is 0 Å². The monoisotopic (exact) mass is 308 g/mol. The Bertz CT molecular complexity index is 651. The SMILES string of the molecule is Cc1ccc(C)c(OCc2c(Cl)cccc2C(=O)Cl)c1. The van der Waals surface area contributed by atoms with E-state index in [1.165, 1.54) is 0 Å². The first-order valence-electron chi connectivity index (χ1n) is 6.16. The van der Waals surface area contributed by atoms with Gasteiger partial charge in [0.15, 0.2) is 0 Å². The Kier molecular flexibility index (Phi) is 4.69. The zero-order chi connectivity index (χ0) is 14.7. The summed E-state index contributed by atoms with van der Waals surface area (Å²) in [5.74, 6) is 0.776. The summed E-state index contributed by atoms with van der Waals surface area (Å²) in [4.78, 5) is 11.4. The lowest BCUT2D eigenvalue weighted by atomic mass is 10.1. The number of hydrogen-bond acceptors (Lipinski definition) is 2. The van der Waals surface area contributed by atoms with Crippen molar-refractivity contribution < 1.29 is 9.53 Å². The smallest absolute Gasteiger partial charge is 0.252 e. The van der Waals surface area contributed by atoms with Crippen molar-refractivity contribution in [3.05, 3.63) is 63.7 Å². The number of halogens is 2. The fourth-order valence-corrected chi connectivity index (χ4v) is 2.31. The lowest BCUT2D eigenvalue weighted by Crippen LogP contribution is -2.04. The van der Waals surface area contributed by atoms with Crippen LogP contribution in [0.5, 0.6) is 5.75 Å². The first-order chi connectivity index (χ1) is 9.49. The number of carbonyl (C=O) groups is 1. The summed E-state index contributed by atoms with van der Waals surface area (Å²) in [6.45, 7) is 4.17. The predicted octanol–water partition coefficient (Wildman–Crippen LogP) is 4.91. The molecule has 2 aromatic rings. The molecule has 0 radical (unpaired) electrons. The molecule has 0 aliphatic heterocycles. The van der Waals surface area contributed by atoms with Gasteiger partial charge in [0, 0.05) is 16.1 Å². The summed E-state index contributed by atoms with van der Waals surface area (Å²) in [7, 11) is 0. The van der Waals surface area contributed by atoms with Gasteiger partial charge >= 0.3 is 0 Å². The van der Waals surface area contributed by atoms with E-state index in [-0.39, 0.29) is 6.61 Å². The van der Waals surface area contributed by atoms with E-state index in [1.807, 2.05) is 32.0 Å². The van der Waals surface area contributed by atoms with Crippen LogP contribution in [0.3, 0.4) is 0 Å². The van der Waals surface area contributed by atoms with Crippen LogP contribution in [0.2, 0.25) is 5.02 Å². The van der Waals surface area contributed by atoms with Crippen LogP contribution >= 0.6 is 23.2 Å². The Labute approximate surface area is 128 Å². The molecule has 0 N–H and O–H groups in total. The molecule has 0 unspecified atom stereocenters. The Morgan fingerprint density at radius 3 is 2.65 bits per heavy atom. The van der Waals surface area contributed by atoms with Gasteiger partial charge in [-0.3, -0.25) is 4.79 Å². The van der Waals surface area contributed by atoms with E-state index >= 15 is 0 Å². The summed E-state index contributed by atoms with van der Waals surface area (Å²) >= 11 is 11.7. The minimum atomic E-state index is -0.535. The van der Waals surface area contributed by atoms with Crippen LogP contribution in [0.15, 0.2) is 36.4 Å². The molecule has 20 heavy (non-hydrogen) atoms. The second kappa shape index (κ2) is 6.29. The molecule has 2 nitrogen and oxygen atoms in total. The van der Waals surface area contributed by atoms with E-state index in [4.69, 9.17) is 27.9 Å². The average Bonchev–Trinajstić information content (AvgIpc) is 2.40. The van der Waals surface area contributed by atoms with Crippen LogP contribution < -0.4 is 4.74 Å². The topological polar surface area (TPSA) is 26.3 Å². The van der Waals surface area contributed by atoms with Crippen molar-refractivity contribution >= 4 is 28.4 Å². The van der Waals surface area contributed by atoms with Crippen molar-refractivity contribution in [2.75, 3.05) is 0 Å². The highest BCUT2D eigenvalue weighted by Gasteiger charge is 2.13. The molecule has 0 aromatic heterocycles. The standard InChI is InChI=1S/C16H14Cl2O2/c1-10-6-7-11(2)15(8-10)20-9-13-12(16(18)19)4-3-5-14(13)17/h3-8H,9H2,1-2H3. The minimum absolute atomic E-state index is 0.206. The number of hydrogen-bond donors (Lipinski definition) is 0. The third-order valence-corrected chi connectivity index (χ3v) is 3.60. The molecule has 0 heterocycles. The molecular weight excluding hydrogens is 295 g/mol. The van der Waals surface area contributed by atoms with E-state index in [1.54, 1.807) is 18.2 Å². The van der Waals surface area contributed by atoms with Gasteiger partial charge in [-0.1, -0.05) is 29.8 Å². The molecule has 0 atom stereocenters. The Balaban J connectivity index is 2.27. The molecule has 0 amide bonds. The van der Waals surface area contributed by atoms with Gasteiger partial charge in [0.25, 0.3) is 5.24 Å². The minimum Gasteiger partial charge on any atom is -0.489 e. The van der Waals surface area contributed by atoms with Crippen LogP contribution in [0.25, 0.3) is 0 Å². The van der Waals surface area contributed by atoms with Gasteiger partial charge in [-0.2, -0.15) is 0 Å². The van der Waals surface area contributed by atoms with E-state index in [2.05, 4.69) is 0 Å². The van der Waals surface area contributed by atoms with Crippen LogP contribution in [0, 0.1) is 13.8 Å². The van der Waals surface area contributed by atoms with Crippen molar-refractivity contribution in [1.29, 1.82) is 0 Å². The fourth-order valence-electron chi connectivity index (χ4n) is 1.90. The second-order valence-electron chi connectivity index (χ2n) is 4.60. The summed E-state index contributed by atoms with van der Waals surface area (Å²) in [5, 5.41) is -0.0612. The highest BCUT2D eigenvalue weighted by atomic mass is 35.5. The second-order valence-corrected chi connectivity index (χ2v) is 5.35. The highest BCUT2D eigenvalue weighted by molar-refractivity contribution is 6.68. The lowest BCUT2D eigenvalue weighted by Gasteiger charge is -2.13. The number of aryl methyl sites for hydroxylation is 2. The van der Waals surface area contributed by atoms with Crippen LogP contribution in [-0.2, 0) is 6.61 Å². The number of rotatable bonds is 4. The van der Waals surface area contributed by atoms with Crippen molar-refractivity contribution in [2.45, 2.75) is 20.5 Å². The summed E-state index contributed by atoms with van der Waals surface area (Å²) < 4.78 is 5.78. The molecule has 0 saturated carbocycles. The first kappa shape index (κ1) is 14.9. The zero-order valence-electron chi connectivity index (χ0n) is 11.2. The zero-order valence-corrected chi connectivity index (χ0v) is 12.8. The molecule has 104 valence electrons. The Hall–Kier alpha value is -1.51. The maximum Gasteiger partial charge on any atom is 0.252 e. The van der Waals surface area contributed by atoms with Crippen LogP contribution in [-0.4, -0.2) is 5.24 Å². The van der Waals surface area contributed by atoms with Crippen molar-refractivity contribution in [3.8, 4) is 5.75 Å². The fraction of sp³-hybridized carbons (Fsp3) is 0.188. The quantitative estimate of drug-likeness (QED) is 0.750. The molecule has 0 spiro atoms. The Morgan fingerprint density at radius 2 is 1.95 bits per heavy atom. The van der Waals surface area contributed by atoms with Crippen molar-refractivity contribution in [2.24, 2.45) is 0 Å². The normalized spacial score (nSPS) is 10.4. The van der Waals surface area contributed by atoms with Crippen molar-refractivity contribution in [1.82, 2.24) is 0 Å². The molecule has 0 aliphatic carbocycles. The third-order valence-electron chi connectivity index (χ3n) is 3.05. The van der Waals surface area contributed by atoms with E-state index in [9.17, 15) is 4.79 Å². The molecule has 0 saturated heterocycles. The van der Waals surface area contributed by atoms with Gasteiger partial charge < -0.3 is 4.74 Å². The molecular formula is C16H14Cl2O2. The number of ether oxygens (including phenoxy) is 1. The first-order valence-corrected chi connectivity index (χ1v) is 6.92. The van der Waals surface area contributed by atoms with Gasteiger partial charge in [0.1, 0.15) is 12.4 Å². The third kappa shape index (κ3) is 3.33. The van der Waals surface area contributed by atoms with E-state index in [0.717, 1.165) is 16.9 Å². The van der Waals surface area contributed by atoms with Gasteiger partial charge in [-0.15, -0.1) is 0 Å². The van der Waals surface area contributed by atoms with Gasteiger partial charge in [-0.05, 0) is 54.8 Å². The molecule has 0 aliphatic rings. The highest BCUT2D eigenvalue weighted by Crippen LogP contribution is 2.25. The largest absolute Gasteiger partial charge is 0.489 e. The number of carbonyl (C=O) groups excluding carboxylic acids is 1. The molecule has 2 rings (SSSR count). The van der Waals surface area contributed by atoms with E-state index < -0.39 is 5.24 Å². The maximum absolute atomic E-state index is 11.4. The molecule has 4 heteroatoms. The Morgan fingerprint density at radius 1 is 1.20 bits per heavy atom. The lowest BCUT2D eigenvalue weighted by molar-refractivity contribution is 0.107. The maximum atomic E-state index is 11.4. The number of benzene rings is 2. The molecule has 0 fully saturated rings. The van der Waals surface area contributed by atoms with Crippen LogP contribution in [0.4, 0.5) is 0 Å². The summed E-state index contributed by atoms with van der Waals surface area (Å²) in [6.07, 6.45) is 0. The summed E-state index contributed by atoms with van der Waals surface area (Å²) in [6, 6.07) is 11.0. The van der Waals surface area contributed by atoms with Crippen molar-refractivity contribution in [3.63, 3.8) is 0 Å². The van der Waals surface area contributed by atoms with Gasteiger partial charge in [0.2, 0.25) is 0 Å². The van der Waals surface area contributed by atoms with E-state index in [0.29, 0.717) is 16.1 Å². The van der Waals surface area contributed by atoms with Crippen LogP contribution in [0.1, 0.15) is 27.0 Å². The predicted molar refractivity (Wildman–Crippen MR) is 81.9 cm³/mol.